The summed E-state index contributed by atoms with van der Waals surface area (Å²) in [5.74, 6) is 0. The van der Waals surface area contributed by atoms with Gasteiger partial charge in [-0.3, -0.25) is 4.79 Å². The van der Waals surface area contributed by atoms with E-state index in [4.69, 9.17) is 11.6 Å². The van der Waals surface area contributed by atoms with Crippen LogP contribution >= 0.6 is 22.9 Å². The van der Waals surface area contributed by atoms with Crippen molar-refractivity contribution in [3.05, 3.63) is 51.9 Å². The molecule has 1 heterocycles. The van der Waals surface area contributed by atoms with E-state index in [1.54, 1.807) is 18.3 Å². The molecule has 0 fully saturated rings. The second-order valence-electron chi connectivity index (χ2n) is 3.72. The average molecular weight is 263 g/mol. The Hall–Kier alpha value is -1.38. The highest BCUT2D eigenvalue weighted by molar-refractivity contribution is 7.16. The number of thiophene rings is 1. The molecular weight excluding hydrogens is 252 g/mol. The maximum absolute atomic E-state index is 10.5. The zero-order valence-electron chi connectivity index (χ0n) is 9.31. The standard InChI is InChI=1S/C14H11ClOS/c1-10(9-16)7-13-5-6-14(17-13)11-3-2-4-12(15)8-11/h2-9H,1H3. The molecule has 86 valence electrons. The third-order valence-corrected chi connectivity index (χ3v) is 3.61. The van der Waals surface area contributed by atoms with Gasteiger partial charge in [-0.15, -0.1) is 11.3 Å². The second-order valence-corrected chi connectivity index (χ2v) is 5.27. The fraction of sp³-hybridized carbons (Fsp3) is 0.0714. The van der Waals surface area contributed by atoms with E-state index < -0.39 is 0 Å². The zero-order valence-corrected chi connectivity index (χ0v) is 10.9. The Kier molecular flexibility index (Phi) is 3.77. The van der Waals surface area contributed by atoms with E-state index in [2.05, 4.69) is 0 Å². The minimum absolute atomic E-state index is 0.726. The smallest absolute Gasteiger partial charge is 0.145 e. The molecule has 0 N–H and O–H groups in total. The van der Waals surface area contributed by atoms with E-state index in [1.807, 2.05) is 42.5 Å². The van der Waals surface area contributed by atoms with Gasteiger partial charge in [0.15, 0.2) is 0 Å². The Balaban J connectivity index is 2.33. The van der Waals surface area contributed by atoms with Gasteiger partial charge in [0.1, 0.15) is 6.29 Å². The van der Waals surface area contributed by atoms with Gasteiger partial charge in [0, 0.05) is 14.8 Å². The Labute approximate surface area is 109 Å². The van der Waals surface area contributed by atoms with Crippen molar-refractivity contribution in [1.82, 2.24) is 0 Å². The highest BCUT2D eigenvalue weighted by Crippen LogP contribution is 2.30. The van der Waals surface area contributed by atoms with E-state index in [0.717, 1.165) is 32.2 Å². The predicted octanol–water partition coefficient (Wildman–Crippen LogP) is 4.67. The molecule has 0 aliphatic rings. The van der Waals surface area contributed by atoms with Gasteiger partial charge >= 0.3 is 0 Å². The molecule has 2 rings (SSSR count). The number of benzene rings is 1. The number of halogens is 1. The molecule has 1 aromatic carbocycles. The summed E-state index contributed by atoms with van der Waals surface area (Å²) in [5.41, 5.74) is 1.83. The van der Waals surface area contributed by atoms with Gasteiger partial charge in [0.05, 0.1) is 0 Å². The maximum atomic E-state index is 10.5. The molecule has 3 heteroatoms. The molecule has 2 aromatic rings. The van der Waals surface area contributed by atoms with Crippen LogP contribution in [-0.4, -0.2) is 6.29 Å². The molecule has 1 nitrogen and oxygen atoms in total. The third kappa shape index (κ3) is 3.05. The van der Waals surface area contributed by atoms with Gasteiger partial charge in [0.2, 0.25) is 0 Å². The van der Waals surface area contributed by atoms with E-state index in [0.29, 0.717) is 0 Å². The van der Waals surface area contributed by atoms with Crippen LogP contribution < -0.4 is 0 Å². The highest BCUT2D eigenvalue weighted by Gasteiger charge is 2.02. The summed E-state index contributed by atoms with van der Waals surface area (Å²) in [6.07, 6.45) is 2.74. The minimum Gasteiger partial charge on any atom is -0.298 e. The molecule has 0 spiro atoms. The van der Waals surface area contributed by atoms with Crippen LogP contribution in [0.3, 0.4) is 0 Å². The van der Waals surface area contributed by atoms with Crippen molar-refractivity contribution in [2.75, 3.05) is 0 Å². The molecule has 0 saturated heterocycles. The van der Waals surface area contributed by atoms with Crippen molar-refractivity contribution < 1.29 is 4.79 Å². The number of carbonyl (C=O) groups excluding carboxylic acids is 1. The number of aldehydes is 1. The lowest BCUT2D eigenvalue weighted by Gasteiger charge is -1.96. The van der Waals surface area contributed by atoms with Crippen molar-refractivity contribution in [3.63, 3.8) is 0 Å². The summed E-state index contributed by atoms with van der Waals surface area (Å²) in [6.45, 7) is 1.80. The van der Waals surface area contributed by atoms with Gasteiger partial charge in [-0.2, -0.15) is 0 Å². The summed E-state index contributed by atoms with van der Waals surface area (Å²) in [7, 11) is 0. The molecule has 0 aliphatic heterocycles. The van der Waals surface area contributed by atoms with E-state index in [-0.39, 0.29) is 0 Å². The molecule has 0 aliphatic carbocycles. The lowest BCUT2D eigenvalue weighted by Crippen LogP contribution is -1.73. The van der Waals surface area contributed by atoms with Crippen LogP contribution in [0.4, 0.5) is 0 Å². The Bertz CT molecular complexity index is 569. The van der Waals surface area contributed by atoms with Crippen molar-refractivity contribution in [3.8, 4) is 10.4 Å². The number of allylic oxidation sites excluding steroid dienone is 1. The largest absolute Gasteiger partial charge is 0.298 e. The van der Waals surface area contributed by atoms with E-state index >= 15 is 0 Å². The summed E-state index contributed by atoms with van der Waals surface area (Å²) < 4.78 is 0. The van der Waals surface area contributed by atoms with Crippen LogP contribution in [-0.2, 0) is 4.79 Å². The highest BCUT2D eigenvalue weighted by atomic mass is 35.5. The predicted molar refractivity (Wildman–Crippen MR) is 74.5 cm³/mol. The first-order valence-electron chi connectivity index (χ1n) is 5.18. The van der Waals surface area contributed by atoms with Gasteiger partial charge in [-0.1, -0.05) is 23.7 Å². The van der Waals surface area contributed by atoms with Gasteiger partial charge in [-0.05, 0) is 48.4 Å². The maximum Gasteiger partial charge on any atom is 0.145 e. The van der Waals surface area contributed by atoms with E-state index in [9.17, 15) is 4.79 Å². The molecule has 0 amide bonds. The molecule has 0 radical (unpaired) electrons. The Morgan fingerprint density at radius 3 is 2.82 bits per heavy atom. The summed E-state index contributed by atoms with van der Waals surface area (Å²) in [5, 5.41) is 0.733. The summed E-state index contributed by atoms with van der Waals surface area (Å²) in [4.78, 5) is 12.8. The fourth-order valence-electron chi connectivity index (χ4n) is 1.49. The normalized spacial score (nSPS) is 11.5. The van der Waals surface area contributed by atoms with Crippen LogP contribution in [0.1, 0.15) is 11.8 Å². The van der Waals surface area contributed by atoms with Gasteiger partial charge < -0.3 is 0 Å². The molecule has 0 bridgehead atoms. The Morgan fingerprint density at radius 2 is 2.12 bits per heavy atom. The van der Waals surface area contributed by atoms with Gasteiger partial charge in [-0.25, -0.2) is 0 Å². The molecular formula is C14H11ClOS. The van der Waals surface area contributed by atoms with Gasteiger partial charge in [0.25, 0.3) is 0 Å². The summed E-state index contributed by atoms with van der Waals surface area (Å²) in [6, 6.07) is 11.8. The van der Waals surface area contributed by atoms with Crippen molar-refractivity contribution in [2.24, 2.45) is 0 Å². The van der Waals surface area contributed by atoms with Crippen molar-refractivity contribution >= 4 is 35.3 Å². The SMILES string of the molecule is CC(C=O)=Cc1ccc(-c2cccc(Cl)c2)s1. The van der Waals surface area contributed by atoms with Crippen LogP contribution in [0.5, 0.6) is 0 Å². The fourth-order valence-corrected chi connectivity index (χ4v) is 2.69. The van der Waals surface area contributed by atoms with Crippen LogP contribution in [0, 0.1) is 0 Å². The average Bonchev–Trinajstić information content (AvgIpc) is 2.77. The molecule has 0 unspecified atom stereocenters. The number of hydrogen-bond donors (Lipinski definition) is 0. The first kappa shape index (κ1) is 12.1. The molecule has 17 heavy (non-hydrogen) atoms. The minimum atomic E-state index is 0.726. The molecule has 0 saturated carbocycles. The summed E-state index contributed by atoms with van der Waals surface area (Å²) >= 11 is 7.60. The number of rotatable bonds is 3. The molecule has 1 aromatic heterocycles. The molecule has 0 atom stereocenters. The lowest BCUT2D eigenvalue weighted by molar-refractivity contribution is -0.104. The number of hydrogen-bond acceptors (Lipinski definition) is 2. The monoisotopic (exact) mass is 262 g/mol. The second kappa shape index (κ2) is 5.30. The van der Waals surface area contributed by atoms with Crippen molar-refractivity contribution in [2.45, 2.75) is 6.92 Å². The van der Waals surface area contributed by atoms with Crippen LogP contribution in [0.15, 0.2) is 42.0 Å². The van der Waals surface area contributed by atoms with Crippen LogP contribution in [0.25, 0.3) is 16.5 Å². The Morgan fingerprint density at radius 1 is 1.29 bits per heavy atom. The first-order chi connectivity index (χ1) is 8.19. The quantitative estimate of drug-likeness (QED) is 0.580. The lowest BCUT2D eigenvalue weighted by atomic mass is 10.2. The van der Waals surface area contributed by atoms with Crippen molar-refractivity contribution in [1.29, 1.82) is 0 Å². The van der Waals surface area contributed by atoms with E-state index in [1.165, 1.54) is 0 Å². The first-order valence-corrected chi connectivity index (χ1v) is 6.38. The number of carbonyl (C=O) groups is 1. The third-order valence-electron chi connectivity index (χ3n) is 2.29. The topological polar surface area (TPSA) is 17.1 Å². The van der Waals surface area contributed by atoms with Crippen LogP contribution in [0.2, 0.25) is 5.02 Å². The zero-order chi connectivity index (χ0) is 12.3.